The van der Waals surface area contributed by atoms with Crippen LogP contribution in [0.25, 0.3) is 11.1 Å². The minimum Gasteiger partial charge on any atom is -0.493 e. The van der Waals surface area contributed by atoms with Crippen molar-refractivity contribution < 1.29 is 9.84 Å². The van der Waals surface area contributed by atoms with Crippen LogP contribution in [0.1, 0.15) is 31.7 Å². The summed E-state index contributed by atoms with van der Waals surface area (Å²) in [5.41, 5.74) is 0.279. The van der Waals surface area contributed by atoms with Crippen LogP contribution in [0.3, 0.4) is 0 Å². The van der Waals surface area contributed by atoms with Crippen molar-refractivity contribution in [3.63, 3.8) is 0 Å². The molecule has 1 aromatic heterocycles. The number of benzene rings is 1. The summed E-state index contributed by atoms with van der Waals surface area (Å²) >= 11 is 5.82. The average Bonchev–Trinajstić information content (AvgIpc) is 2.46. The van der Waals surface area contributed by atoms with Gasteiger partial charge in [0, 0.05) is 12.1 Å². The number of aromatic hydroxyl groups is 1. The first-order valence-electron chi connectivity index (χ1n) is 6.68. The monoisotopic (exact) mass is 308 g/mol. The number of nitrogens with one attached hydrogen (secondary N) is 1. The van der Waals surface area contributed by atoms with E-state index in [1.165, 1.54) is 0 Å². The van der Waals surface area contributed by atoms with Crippen LogP contribution in [0, 0.1) is 0 Å². The minimum absolute atomic E-state index is 0.127. The first kappa shape index (κ1) is 15.5. The lowest BCUT2D eigenvalue weighted by molar-refractivity contribution is 0.0868. The number of H-pyrrole nitrogens is 1. The topological polar surface area (TPSA) is 75.2 Å². The van der Waals surface area contributed by atoms with Gasteiger partial charge in [-0.3, -0.25) is 4.79 Å². The zero-order valence-electron chi connectivity index (χ0n) is 11.9. The Morgan fingerprint density at radius 1 is 1.38 bits per heavy atom. The molecule has 1 aromatic carbocycles. The largest absolute Gasteiger partial charge is 0.493 e. The molecule has 0 fully saturated rings. The quantitative estimate of drug-likeness (QED) is 0.888. The van der Waals surface area contributed by atoms with Crippen molar-refractivity contribution in [2.45, 2.75) is 25.9 Å². The second-order valence-electron chi connectivity index (χ2n) is 4.67. The summed E-state index contributed by atoms with van der Waals surface area (Å²) in [7, 11) is 1.55. The van der Waals surface area contributed by atoms with Crippen molar-refractivity contribution in [3.05, 3.63) is 45.5 Å². The van der Waals surface area contributed by atoms with Gasteiger partial charge in [-0.1, -0.05) is 37.1 Å². The van der Waals surface area contributed by atoms with E-state index in [1.807, 2.05) is 6.92 Å². The molecule has 21 heavy (non-hydrogen) atoms. The van der Waals surface area contributed by atoms with Gasteiger partial charge in [0.1, 0.15) is 17.5 Å². The SMILES string of the molecule is CCCC(OC)c1nc(O)c(-c2ccc(Cl)cc2)c(=O)[nH]1. The fourth-order valence-electron chi connectivity index (χ4n) is 2.14. The number of nitrogens with zero attached hydrogens (tertiary/aromatic N) is 1. The Kier molecular flexibility index (Phi) is 4.98. The van der Waals surface area contributed by atoms with Crippen LogP contribution in [-0.2, 0) is 4.74 Å². The third-order valence-electron chi connectivity index (χ3n) is 3.19. The fraction of sp³-hybridized carbons (Fsp3) is 0.333. The van der Waals surface area contributed by atoms with Crippen LogP contribution < -0.4 is 5.56 Å². The summed E-state index contributed by atoms with van der Waals surface area (Å²) in [5.74, 6) is 0.0220. The summed E-state index contributed by atoms with van der Waals surface area (Å²) in [6.07, 6.45) is 1.24. The van der Waals surface area contributed by atoms with E-state index in [-0.39, 0.29) is 17.5 Å². The molecule has 2 N–H and O–H groups in total. The highest BCUT2D eigenvalue weighted by Gasteiger charge is 2.18. The van der Waals surface area contributed by atoms with E-state index in [0.717, 1.165) is 6.42 Å². The average molecular weight is 309 g/mol. The molecule has 1 atom stereocenters. The Bertz CT molecular complexity index is 668. The highest BCUT2D eigenvalue weighted by molar-refractivity contribution is 6.30. The number of halogens is 1. The Morgan fingerprint density at radius 2 is 2.05 bits per heavy atom. The number of aromatic nitrogens is 2. The molecular formula is C15H17ClN2O3. The van der Waals surface area contributed by atoms with Crippen LogP contribution in [0.5, 0.6) is 5.88 Å². The predicted molar refractivity (Wildman–Crippen MR) is 81.6 cm³/mol. The lowest BCUT2D eigenvalue weighted by atomic mass is 10.1. The molecule has 6 heteroatoms. The molecule has 0 aliphatic carbocycles. The van der Waals surface area contributed by atoms with Gasteiger partial charge < -0.3 is 14.8 Å². The van der Waals surface area contributed by atoms with Crippen molar-refractivity contribution in [3.8, 4) is 17.0 Å². The molecule has 1 unspecified atom stereocenters. The lowest BCUT2D eigenvalue weighted by Gasteiger charge is -2.14. The predicted octanol–water partition coefficient (Wildman–Crippen LogP) is 3.28. The Morgan fingerprint density at radius 3 is 2.57 bits per heavy atom. The summed E-state index contributed by atoms with van der Waals surface area (Å²) in [5, 5.41) is 10.6. The van der Waals surface area contributed by atoms with Crippen LogP contribution in [0.4, 0.5) is 0 Å². The van der Waals surface area contributed by atoms with Crippen molar-refractivity contribution in [2.24, 2.45) is 0 Å². The van der Waals surface area contributed by atoms with E-state index in [0.29, 0.717) is 22.8 Å². The van der Waals surface area contributed by atoms with Gasteiger partial charge in [0.15, 0.2) is 0 Å². The third kappa shape index (κ3) is 3.43. The Balaban J connectivity index is 2.46. The molecule has 2 rings (SSSR count). The third-order valence-corrected chi connectivity index (χ3v) is 3.44. The highest BCUT2D eigenvalue weighted by atomic mass is 35.5. The van der Waals surface area contributed by atoms with Gasteiger partial charge in [0.2, 0.25) is 5.88 Å². The Hall–Kier alpha value is -1.85. The van der Waals surface area contributed by atoms with Crippen molar-refractivity contribution >= 4 is 11.6 Å². The maximum Gasteiger partial charge on any atom is 0.262 e. The fourth-order valence-corrected chi connectivity index (χ4v) is 2.26. The zero-order valence-corrected chi connectivity index (χ0v) is 12.6. The van der Waals surface area contributed by atoms with E-state index in [9.17, 15) is 9.90 Å². The van der Waals surface area contributed by atoms with Crippen molar-refractivity contribution in [1.29, 1.82) is 0 Å². The highest BCUT2D eigenvalue weighted by Crippen LogP contribution is 2.27. The van der Waals surface area contributed by atoms with Gasteiger partial charge >= 0.3 is 0 Å². The van der Waals surface area contributed by atoms with Crippen LogP contribution in [0.15, 0.2) is 29.1 Å². The lowest BCUT2D eigenvalue weighted by Crippen LogP contribution is -2.17. The summed E-state index contributed by atoms with van der Waals surface area (Å²) in [6, 6.07) is 6.62. The van der Waals surface area contributed by atoms with Crippen LogP contribution in [0.2, 0.25) is 5.02 Å². The van der Waals surface area contributed by atoms with Gasteiger partial charge in [0.05, 0.1) is 0 Å². The summed E-state index contributed by atoms with van der Waals surface area (Å²) in [6.45, 7) is 2.01. The molecule has 0 spiro atoms. The standard InChI is InChI=1S/C15H17ClN2O3/c1-3-4-11(21-2)13-17-14(19)12(15(20)18-13)9-5-7-10(16)8-6-9/h5-8,11H,3-4H2,1-2H3,(H2,17,18,19,20). The van der Waals surface area contributed by atoms with E-state index >= 15 is 0 Å². The van der Waals surface area contributed by atoms with Gasteiger partial charge in [-0.2, -0.15) is 4.98 Å². The smallest absolute Gasteiger partial charge is 0.262 e. The van der Waals surface area contributed by atoms with E-state index in [4.69, 9.17) is 16.3 Å². The summed E-state index contributed by atoms with van der Waals surface area (Å²) in [4.78, 5) is 19.0. The summed E-state index contributed by atoms with van der Waals surface area (Å²) < 4.78 is 5.29. The number of ether oxygens (including phenoxy) is 1. The number of methoxy groups -OCH3 is 1. The molecule has 0 radical (unpaired) electrons. The molecule has 0 bridgehead atoms. The first-order valence-corrected chi connectivity index (χ1v) is 7.06. The second-order valence-corrected chi connectivity index (χ2v) is 5.11. The van der Waals surface area contributed by atoms with Gasteiger partial charge in [-0.15, -0.1) is 0 Å². The molecule has 0 saturated heterocycles. The normalized spacial score (nSPS) is 12.3. The molecule has 112 valence electrons. The molecule has 2 aromatic rings. The molecule has 0 aliphatic rings. The molecule has 0 saturated carbocycles. The maximum atomic E-state index is 12.2. The Labute approximate surface area is 127 Å². The second kappa shape index (κ2) is 6.74. The van der Waals surface area contributed by atoms with E-state index < -0.39 is 5.56 Å². The number of hydrogen-bond acceptors (Lipinski definition) is 4. The number of hydrogen-bond donors (Lipinski definition) is 2. The molecule has 5 nitrogen and oxygen atoms in total. The molecule has 1 heterocycles. The molecule has 0 amide bonds. The van der Waals surface area contributed by atoms with Gasteiger partial charge in [0.25, 0.3) is 5.56 Å². The maximum absolute atomic E-state index is 12.2. The van der Waals surface area contributed by atoms with E-state index in [2.05, 4.69) is 9.97 Å². The van der Waals surface area contributed by atoms with Crippen LogP contribution >= 0.6 is 11.6 Å². The van der Waals surface area contributed by atoms with E-state index in [1.54, 1.807) is 31.4 Å². The van der Waals surface area contributed by atoms with Gasteiger partial charge in [-0.05, 0) is 24.1 Å². The first-order chi connectivity index (χ1) is 10.1. The molecular weight excluding hydrogens is 292 g/mol. The number of rotatable bonds is 5. The minimum atomic E-state index is -0.405. The molecule has 0 aliphatic heterocycles. The zero-order chi connectivity index (χ0) is 15.4. The van der Waals surface area contributed by atoms with Gasteiger partial charge in [-0.25, -0.2) is 0 Å². The van der Waals surface area contributed by atoms with Crippen LogP contribution in [-0.4, -0.2) is 22.2 Å². The van der Waals surface area contributed by atoms with Crippen molar-refractivity contribution in [2.75, 3.05) is 7.11 Å². The van der Waals surface area contributed by atoms with Crippen molar-refractivity contribution in [1.82, 2.24) is 9.97 Å². The number of aromatic amines is 1.